The van der Waals surface area contributed by atoms with Crippen LogP contribution in [0.2, 0.25) is 0 Å². The van der Waals surface area contributed by atoms with Crippen LogP contribution in [-0.4, -0.2) is 36.4 Å². The Morgan fingerprint density at radius 3 is 1.79 bits per heavy atom. The van der Waals surface area contributed by atoms with E-state index in [4.69, 9.17) is 4.74 Å². The minimum Gasteiger partial charge on any atom is -0.508 e. The van der Waals surface area contributed by atoms with Crippen molar-refractivity contribution in [2.75, 3.05) is 14.2 Å². The predicted octanol–water partition coefficient (Wildman–Crippen LogP) is 5.68. The van der Waals surface area contributed by atoms with Crippen LogP contribution in [-0.2, 0) is 19.1 Å². The molecule has 2 aromatic rings. The van der Waals surface area contributed by atoms with Crippen molar-refractivity contribution in [2.24, 2.45) is 0 Å². The number of ether oxygens (including phenoxy) is 2. The van der Waals surface area contributed by atoms with Gasteiger partial charge >= 0.3 is 11.9 Å². The molecule has 0 bridgehead atoms. The molecule has 0 aromatic heterocycles. The molecule has 2 aromatic carbocycles. The van der Waals surface area contributed by atoms with Crippen molar-refractivity contribution in [1.82, 2.24) is 0 Å². The highest BCUT2D eigenvalue weighted by Crippen LogP contribution is 2.27. The van der Waals surface area contributed by atoms with Gasteiger partial charge in [-0.2, -0.15) is 0 Å². The number of hydrogen-bond acceptors (Lipinski definition) is 6. The smallest absolute Gasteiger partial charge is 0.307 e. The number of benzene rings is 2. The zero-order chi connectivity index (χ0) is 25.3. The number of unbranched alkanes of at least 4 members (excludes halogenated alkanes) is 1. The Balaban J connectivity index is 0.000000340. The molecular weight excluding hydrogens is 432 g/mol. The van der Waals surface area contributed by atoms with Crippen LogP contribution in [0.25, 0.3) is 0 Å². The second kappa shape index (κ2) is 16.2. The van der Waals surface area contributed by atoms with Gasteiger partial charge in [-0.3, -0.25) is 9.59 Å². The molecule has 0 saturated heterocycles. The summed E-state index contributed by atoms with van der Waals surface area (Å²) in [5.41, 5.74) is 2.00. The van der Waals surface area contributed by atoms with Crippen LogP contribution in [0.3, 0.4) is 0 Å². The van der Waals surface area contributed by atoms with Crippen LogP contribution in [0.4, 0.5) is 0 Å². The lowest BCUT2D eigenvalue weighted by molar-refractivity contribution is -0.141. The fourth-order valence-corrected chi connectivity index (χ4v) is 3.30. The Kier molecular flexibility index (Phi) is 13.6. The molecule has 0 fully saturated rings. The van der Waals surface area contributed by atoms with Gasteiger partial charge in [0.15, 0.2) is 0 Å². The van der Waals surface area contributed by atoms with E-state index < -0.39 is 0 Å². The monoisotopic (exact) mass is 468 g/mol. The van der Waals surface area contributed by atoms with Crippen LogP contribution in [0, 0.1) is 11.8 Å². The molecule has 6 nitrogen and oxygen atoms in total. The molecule has 0 saturated carbocycles. The second-order valence-electron chi connectivity index (χ2n) is 7.81. The number of hydrogen-bond donors (Lipinski definition) is 2. The molecular formula is C28H36O6. The molecule has 0 amide bonds. The summed E-state index contributed by atoms with van der Waals surface area (Å²) in [6.45, 7) is 4.09. The van der Waals surface area contributed by atoms with E-state index in [1.165, 1.54) is 14.2 Å². The van der Waals surface area contributed by atoms with Crippen LogP contribution >= 0.6 is 0 Å². The molecule has 2 atom stereocenters. The maximum atomic E-state index is 11.4. The van der Waals surface area contributed by atoms with E-state index in [1.54, 1.807) is 36.4 Å². The SMILES string of the molecule is CCC#C[C@H](CC(=O)OC)c1ccc(O)cc1.CCCC[C@H](CC(=O)OC)c1ccc(O)cc1. The minimum absolute atomic E-state index is 0.178. The number of carbonyl (C=O) groups is 2. The lowest BCUT2D eigenvalue weighted by atomic mass is 9.91. The third-order valence-electron chi connectivity index (χ3n) is 5.26. The highest BCUT2D eigenvalue weighted by molar-refractivity contribution is 5.71. The maximum Gasteiger partial charge on any atom is 0.307 e. The van der Waals surface area contributed by atoms with Crippen LogP contribution in [0.1, 0.15) is 75.3 Å². The van der Waals surface area contributed by atoms with E-state index in [9.17, 15) is 19.8 Å². The average Bonchev–Trinajstić information content (AvgIpc) is 2.85. The largest absolute Gasteiger partial charge is 0.508 e. The molecule has 0 heterocycles. The molecule has 0 spiro atoms. The highest BCUT2D eigenvalue weighted by Gasteiger charge is 2.16. The van der Waals surface area contributed by atoms with Gasteiger partial charge < -0.3 is 19.7 Å². The first-order chi connectivity index (χ1) is 16.3. The van der Waals surface area contributed by atoms with Crippen molar-refractivity contribution < 1.29 is 29.3 Å². The number of aromatic hydroxyl groups is 2. The summed E-state index contributed by atoms with van der Waals surface area (Å²) in [4.78, 5) is 22.6. The molecule has 6 heteroatoms. The quantitative estimate of drug-likeness (QED) is 0.363. The first-order valence-electron chi connectivity index (χ1n) is 11.5. The van der Waals surface area contributed by atoms with Gasteiger partial charge in [0.1, 0.15) is 11.5 Å². The lowest BCUT2D eigenvalue weighted by Crippen LogP contribution is -2.08. The van der Waals surface area contributed by atoms with Gasteiger partial charge in [-0.15, -0.1) is 5.92 Å². The zero-order valence-electron chi connectivity index (χ0n) is 20.5. The molecule has 0 aliphatic heterocycles. The molecule has 184 valence electrons. The normalized spacial score (nSPS) is 11.6. The minimum atomic E-state index is -0.284. The first-order valence-corrected chi connectivity index (χ1v) is 11.5. The van der Waals surface area contributed by atoms with E-state index in [2.05, 4.69) is 23.5 Å². The van der Waals surface area contributed by atoms with Crippen molar-refractivity contribution >= 4 is 11.9 Å². The number of methoxy groups -OCH3 is 2. The van der Waals surface area contributed by atoms with E-state index in [-0.39, 0.29) is 41.7 Å². The Morgan fingerprint density at radius 1 is 0.824 bits per heavy atom. The summed E-state index contributed by atoms with van der Waals surface area (Å²) >= 11 is 0. The molecule has 0 unspecified atom stereocenters. The Hall–Kier alpha value is -3.46. The Labute approximate surface area is 202 Å². The first kappa shape index (κ1) is 28.6. The fraction of sp³-hybridized carbons (Fsp3) is 0.429. The van der Waals surface area contributed by atoms with Gasteiger partial charge in [-0.1, -0.05) is 56.9 Å². The summed E-state index contributed by atoms with van der Waals surface area (Å²) < 4.78 is 9.37. The maximum absolute atomic E-state index is 11.4. The van der Waals surface area contributed by atoms with E-state index >= 15 is 0 Å². The van der Waals surface area contributed by atoms with Crippen molar-refractivity contribution in [2.45, 2.75) is 64.2 Å². The summed E-state index contributed by atoms with van der Waals surface area (Å²) in [5.74, 6) is 6.00. The van der Waals surface area contributed by atoms with Gasteiger partial charge in [0.05, 0.1) is 33.0 Å². The summed E-state index contributed by atoms with van der Waals surface area (Å²) in [5, 5.41) is 18.5. The highest BCUT2D eigenvalue weighted by atomic mass is 16.5. The molecule has 2 N–H and O–H groups in total. The molecule has 2 rings (SSSR count). The van der Waals surface area contributed by atoms with Crippen molar-refractivity contribution in [3.8, 4) is 23.3 Å². The van der Waals surface area contributed by atoms with Crippen molar-refractivity contribution in [1.29, 1.82) is 0 Å². The Bertz CT molecular complexity index is 922. The summed E-state index contributed by atoms with van der Waals surface area (Å²) in [6.07, 6.45) is 4.54. The summed E-state index contributed by atoms with van der Waals surface area (Å²) in [7, 11) is 2.78. The van der Waals surface area contributed by atoms with Crippen molar-refractivity contribution in [3.05, 3.63) is 59.7 Å². The number of rotatable bonds is 9. The second-order valence-corrected chi connectivity index (χ2v) is 7.81. The van der Waals surface area contributed by atoms with Crippen LogP contribution in [0.5, 0.6) is 11.5 Å². The third-order valence-corrected chi connectivity index (χ3v) is 5.26. The lowest BCUT2D eigenvalue weighted by Gasteiger charge is -2.15. The Morgan fingerprint density at radius 2 is 1.32 bits per heavy atom. The zero-order valence-corrected chi connectivity index (χ0v) is 20.5. The number of carbonyl (C=O) groups excluding carboxylic acids is 2. The molecule has 0 aliphatic carbocycles. The van der Waals surface area contributed by atoms with Gasteiger partial charge in [0.2, 0.25) is 0 Å². The molecule has 0 radical (unpaired) electrons. The fourth-order valence-electron chi connectivity index (χ4n) is 3.30. The van der Waals surface area contributed by atoms with Gasteiger partial charge in [0.25, 0.3) is 0 Å². The van der Waals surface area contributed by atoms with Crippen LogP contribution < -0.4 is 0 Å². The van der Waals surface area contributed by atoms with Gasteiger partial charge in [-0.25, -0.2) is 0 Å². The third kappa shape index (κ3) is 10.9. The van der Waals surface area contributed by atoms with Crippen molar-refractivity contribution in [3.63, 3.8) is 0 Å². The van der Waals surface area contributed by atoms with Gasteiger partial charge in [0, 0.05) is 6.42 Å². The topological polar surface area (TPSA) is 93.1 Å². The standard InChI is InChI=1S/C14H20O3.C14H16O3/c2*1-3-4-5-12(10-14(16)17-2)11-6-8-13(15)9-7-11/h6-9,12,15H,3-5,10H2,1-2H3;6-9,12,15H,3,10H2,1-2H3/t2*12-/m11/s1. The predicted molar refractivity (Wildman–Crippen MR) is 133 cm³/mol. The van der Waals surface area contributed by atoms with Crippen LogP contribution in [0.15, 0.2) is 48.5 Å². The van der Waals surface area contributed by atoms with E-state index in [0.29, 0.717) is 6.42 Å². The number of phenolic OH excluding ortho intramolecular Hbond substituents is 2. The molecule has 0 aliphatic rings. The summed E-state index contributed by atoms with van der Waals surface area (Å²) in [6, 6.07) is 13.8. The average molecular weight is 469 g/mol. The van der Waals surface area contributed by atoms with Gasteiger partial charge in [-0.05, 0) is 47.7 Å². The number of esters is 2. The van der Waals surface area contributed by atoms with E-state index in [1.807, 2.05) is 19.1 Å². The number of phenols is 2. The molecule has 34 heavy (non-hydrogen) atoms. The van der Waals surface area contributed by atoms with E-state index in [0.717, 1.165) is 36.8 Å².